The number of hydrogen-bond donors (Lipinski definition) is 3. The number of amides is 1. The summed E-state index contributed by atoms with van der Waals surface area (Å²) in [6.07, 6.45) is 1.43. The van der Waals surface area contributed by atoms with Gasteiger partial charge >= 0.3 is 6.01 Å². The monoisotopic (exact) mass is 234 g/mol. The number of oxazole rings is 1. The van der Waals surface area contributed by atoms with Crippen molar-refractivity contribution in [3.8, 4) is 0 Å². The Labute approximate surface area is 96.2 Å². The van der Waals surface area contributed by atoms with Crippen LogP contribution >= 0.6 is 0 Å². The summed E-state index contributed by atoms with van der Waals surface area (Å²) >= 11 is 0. The molecule has 2 heterocycles. The zero-order valence-electron chi connectivity index (χ0n) is 8.97. The van der Waals surface area contributed by atoms with Gasteiger partial charge in [-0.1, -0.05) is 0 Å². The maximum atomic E-state index is 11.7. The summed E-state index contributed by atoms with van der Waals surface area (Å²) < 4.78 is 4.98. The molecule has 8 nitrogen and oxygen atoms in total. The van der Waals surface area contributed by atoms with Crippen molar-refractivity contribution < 1.29 is 9.21 Å². The number of nitrogens with one attached hydrogen (secondary N) is 2. The van der Waals surface area contributed by atoms with E-state index >= 15 is 0 Å². The molecular formula is C9H10N6O2. The van der Waals surface area contributed by atoms with E-state index in [1.165, 1.54) is 18.4 Å². The molecule has 0 aliphatic heterocycles. The van der Waals surface area contributed by atoms with Crippen LogP contribution in [0.2, 0.25) is 0 Å². The van der Waals surface area contributed by atoms with Crippen molar-refractivity contribution in [3.63, 3.8) is 0 Å². The second kappa shape index (κ2) is 4.58. The summed E-state index contributed by atoms with van der Waals surface area (Å²) in [7, 11) is 0. The highest BCUT2D eigenvalue weighted by atomic mass is 16.4. The number of aryl methyl sites for hydroxylation is 1. The SMILES string of the molecule is Cc1coc(NC(=O)c2ccc(NN)nn2)n1. The number of aromatic nitrogens is 3. The normalized spacial score (nSPS) is 10.0. The number of nitrogen functional groups attached to an aromatic ring is 1. The second-order valence-electron chi connectivity index (χ2n) is 3.20. The van der Waals surface area contributed by atoms with E-state index in [4.69, 9.17) is 10.3 Å². The Bertz CT molecular complexity index is 521. The highest BCUT2D eigenvalue weighted by Gasteiger charge is 2.11. The minimum atomic E-state index is -0.456. The fourth-order valence-electron chi connectivity index (χ4n) is 1.10. The molecule has 2 aromatic heterocycles. The predicted octanol–water partition coefficient (Wildman–Crippen LogP) is 0.311. The van der Waals surface area contributed by atoms with E-state index in [0.717, 1.165) is 0 Å². The first kappa shape index (κ1) is 11.0. The standard InChI is InChI=1S/C9H10N6O2/c1-5-4-17-9(11-5)12-8(16)6-2-3-7(13-10)15-14-6/h2-4H,10H2,1H3,(H,13,15)(H,11,12,16). The van der Waals surface area contributed by atoms with Crippen molar-refractivity contribution in [1.82, 2.24) is 15.2 Å². The number of nitrogens with two attached hydrogens (primary N) is 1. The van der Waals surface area contributed by atoms with E-state index in [-0.39, 0.29) is 11.7 Å². The number of nitrogens with zero attached hydrogens (tertiary/aromatic N) is 3. The first-order valence-corrected chi connectivity index (χ1v) is 4.73. The lowest BCUT2D eigenvalue weighted by atomic mass is 10.3. The van der Waals surface area contributed by atoms with Crippen LogP contribution in [-0.2, 0) is 0 Å². The third-order valence-corrected chi connectivity index (χ3v) is 1.88. The highest BCUT2D eigenvalue weighted by Crippen LogP contribution is 2.08. The fourth-order valence-corrected chi connectivity index (χ4v) is 1.10. The molecule has 0 saturated carbocycles. The fraction of sp³-hybridized carbons (Fsp3) is 0.111. The molecular weight excluding hydrogens is 224 g/mol. The third kappa shape index (κ3) is 2.55. The van der Waals surface area contributed by atoms with Crippen LogP contribution < -0.4 is 16.6 Å². The van der Waals surface area contributed by atoms with Crippen LogP contribution in [0.5, 0.6) is 0 Å². The quantitative estimate of drug-likeness (QED) is 0.516. The smallest absolute Gasteiger partial charge is 0.301 e. The van der Waals surface area contributed by atoms with Gasteiger partial charge in [-0.2, -0.15) is 4.98 Å². The van der Waals surface area contributed by atoms with Crippen molar-refractivity contribution in [2.75, 3.05) is 10.7 Å². The number of hydrazine groups is 1. The molecule has 0 aliphatic rings. The molecule has 8 heteroatoms. The Morgan fingerprint density at radius 1 is 1.41 bits per heavy atom. The van der Waals surface area contributed by atoms with Crippen molar-refractivity contribution in [3.05, 3.63) is 29.8 Å². The van der Waals surface area contributed by atoms with Gasteiger partial charge < -0.3 is 9.84 Å². The molecule has 2 aromatic rings. The zero-order valence-corrected chi connectivity index (χ0v) is 8.97. The first-order chi connectivity index (χ1) is 8.19. The number of carbonyl (C=O) groups is 1. The predicted molar refractivity (Wildman–Crippen MR) is 59.0 cm³/mol. The van der Waals surface area contributed by atoms with E-state index in [1.54, 1.807) is 6.92 Å². The van der Waals surface area contributed by atoms with Crippen LogP contribution in [0.3, 0.4) is 0 Å². The molecule has 0 aliphatic carbocycles. The number of rotatable bonds is 3. The molecule has 88 valence electrons. The lowest BCUT2D eigenvalue weighted by Gasteiger charge is -2.00. The molecule has 0 bridgehead atoms. The Kier molecular flexibility index (Phi) is 2.97. The number of carbonyl (C=O) groups excluding carboxylic acids is 1. The van der Waals surface area contributed by atoms with Crippen LogP contribution in [0.25, 0.3) is 0 Å². The van der Waals surface area contributed by atoms with Crippen LogP contribution in [-0.4, -0.2) is 21.1 Å². The van der Waals surface area contributed by atoms with Gasteiger partial charge in [0.05, 0.1) is 5.69 Å². The van der Waals surface area contributed by atoms with Gasteiger partial charge in [-0.15, -0.1) is 10.2 Å². The summed E-state index contributed by atoms with van der Waals surface area (Å²) in [5.74, 6) is 5.04. The topological polar surface area (TPSA) is 119 Å². The molecule has 0 aromatic carbocycles. The zero-order chi connectivity index (χ0) is 12.3. The van der Waals surface area contributed by atoms with Gasteiger partial charge in [0, 0.05) is 0 Å². The Morgan fingerprint density at radius 3 is 2.76 bits per heavy atom. The summed E-state index contributed by atoms with van der Waals surface area (Å²) in [6, 6.07) is 3.13. The molecule has 0 unspecified atom stereocenters. The molecule has 17 heavy (non-hydrogen) atoms. The molecule has 0 spiro atoms. The third-order valence-electron chi connectivity index (χ3n) is 1.88. The Morgan fingerprint density at radius 2 is 2.24 bits per heavy atom. The van der Waals surface area contributed by atoms with Crippen LogP contribution in [0, 0.1) is 6.92 Å². The largest absolute Gasteiger partial charge is 0.432 e. The van der Waals surface area contributed by atoms with E-state index in [9.17, 15) is 4.79 Å². The Hall–Kier alpha value is -2.48. The average molecular weight is 234 g/mol. The summed E-state index contributed by atoms with van der Waals surface area (Å²) in [5.41, 5.74) is 3.12. The van der Waals surface area contributed by atoms with Gasteiger partial charge in [0.1, 0.15) is 6.26 Å². The van der Waals surface area contributed by atoms with Crippen molar-refractivity contribution in [2.24, 2.45) is 5.84 Å². The minimum absolute atomic E-state index is 0.121. The van der Waals surface area contributed by atoms with E-state index in [1.807, 2.05) is 0 Å². The van der Waals surface area contributed by atoms with E-state index in [2.05, 4.69) is 25.9 Å². The molecule has 0 fully saturated rings. The van der Waals surface area contributed by atoms with E-state index in [0.29, 0.717) is 11.5 Å². The average Bonchev–Trinajstić information content (AvgIpc) is 2.75. The van der Waals surface area contributed by atoms with Gasteiger partial charge in [-0.25, -0.2) is 5.84 Å². The van der Waals surface area contributed by atoms with Gasteiger partial charge in [-0.05, 0) is 19.1 Å². The minimum Gasteiger partial charge on any atom is -0.432 e. The molecule has 0 radical (unpaired) electrons. The summed E-state index contributed by atoms with van der Waals surface area (Å²) in [6.45, 7) is 1.75. The summed E-state index contributed by atoms with van der Waals surface area (Å²) in [5, 5.41) is 9.79. The van der Waals surface area contributed by atoms with E-state index < -0.39 is 5.91 Å². The molecule has 4 N–H and O–H groups in total. The summed E-state index contributed by atoms with van der Waals surface area (Å²) in [4.78, 5) is 15.6. The molecule has 2 rings (SSSR count). The number of hydrogen-bond acceptors (Lipinski definition) is 7. The van der Waals surface area contributed by atoms with Crippen LogP contribution in [0.1, 0.15) is 16.2 Å². The lowest BCUT2D eigenvalue weighted by molar-refractivity contribution is 0.101. The maximum absolute atomic E-state index is 11.7. The molecule has 0 saturated heterocycles. The van der Waals surface area contributed by atoms with Gasteiger partial charge in [0.25, 0.3) is 5.91 Å². The van der Waals surface area contributed by atoms with Crippen molar-refractivity contribution in [2.45, 2.75) is 6.92 Å². The van der Waals surface area contributed by atoms with Crippen molar-refractivity contribution >= 4 is 17.7 Å². The maximum Gasteiger partial charge on any atom is 0.301 e. The van der Waals surface area contributed by atoms with Crippen molar-refractivity contribution in [1.29, 1.82) is 0 Å². The first-order valence-electron chi connectivity index (χ1n) is 4.73. The van der Waals surface area contributed by atoms with Gasteiger partial charge in [0.2, 0.25) is 0 Å². The molecule has 0 atom stereocenters. The lowest BCUT2D eigenvalue weighted by Crippen LogP contribution is -2.16. The highest BCUT2D eigenvalue weighted by molar-refractivity contribution is 6.01. The van der Waals surface area contributed by atoms with Gasteiger partial charge in [0.15, 0.2) is 11.5 Å². The van der Waals surface area contributed by atoms with Crippen LogP contribution in [0.4, 0.5) is 11.8 Å². The second-order valence-corrected chi connectivity index (χ2v) is 3.20. The van der Waals surface area contributed by atoms with Gasteiger partial charge in [-0.3, -0.25) is 10.1 Å². The Balaban J connectivity index is 2.09. The number of anilines is 2. The molecule has 1 amide bonds. The van der Waals surface area contributed by atoms with Crippen LogP contribution in [0.15, 0.2) is 22.8 Å².